The molecule has 4 heteroatoms. The predicted octanol–water partition coefficient (Wildman–Crippen LogP) is 3.05. The van der Waals surface area contributed by atoms with E-state index in [1.165, 1.54) is 29.8 Å². The zero-order chi connectivity index (χ0) is 13.2. The molecule has 1 aliphatic rings. The van der Waals surface area contributed by atoms with Gasteiger partial charge in [-0.1, -0.05) is 0 Å². The van der Waals surface area contributed by atoms with Crippen LogP contribution < -0.4 is 5.32 Å². The van der Waals surface area contributed by atoms with E-state index in [2.05, 4.69) is 41.1 Å². The molecule has 0 saturated carbocycles. The predicted molar refractivity (Wildman–Crippen MR) is 79.5 cm³/mol. The van der Waals surface area contributed by atoms with Gasteiger partial charge in [-0.3, -0.25) is 4.68 Å². The molecule has 3 rings (SSSR count). The summed E-state index contributed by atoms with van der Waals surface area (Å²) in [5, 5.41) is 8.02. The highest BCUT2D eigenvalue weighted by Crippen LogP contribution is 2.30. The van der Waals surface area contributed by atoms with Crippen molar-refractivity contribution >= 4 is 11.3 Å². The summed E-state index contributed by atoms with van der Waals surface area (Å²) in [5.74, 6) is 0. The van der Waals surface area contributed by atoms with E-state index >= 15 is 0 Å². The van der Waals surface area contributed by atoms with Gasteiger partial charge in [0.1, 0.15) is 0 Å². The van der Waals surface area contributed by atoms with Gasteiger partial charge in [-0.25, -0.2) is 0 Å². The van der Waals surface area contributed by atoms with E-state index in [-0.39, 0.29) is 0 Å². The van der Waals surface area contributed by atoms with Gasteiger partial charge in [-0.2, -0.15) is 5.10 Å². The number of thiophene rings is 1. The summed E-state index contributed by atoms with van der Waals surface area (Å²) in [6.45, 7) is 7.01. The smallest absolute Gasteiger partial charge is 0.0597 e. The van der Waals surface area contributed by atoms with Crippen LogP contribution in [0.25, 0.3) is 0 Å². The Kier molecular flexibility index (Phi) is 3.71. The van der Waals surface area contributed by atoms with Crippen LogP contribution in [0.5, 0.6) is 0 Å². The second kappa shape index (κ2) is 5.47. The maximum Gasteiger partial charge on any atom is 0.0597 e. The topological polar surface area (TPSA) is 29.9 Å². The van der Waals surface area contributed by atoms with Crippen LogP contribution in [-0.2, 0) is 32.5 Å². The summed E-state index contributed by atoms with van der Waals surface area (Å²) >= 11 is 1.99. The van der Waals surface area contributed by atoms with Crippen LogP contribution in [0, 0.1) is 6.92 Å². The Morgan fingerprint density at radius 1 is 1.32 bits per heavy atom. The van der Waals surface area contributed by atoms with Gasteiger partial charge in [-0.05, 0) is 50.8 Å². The fourth-order valence-corrected chi connectivity index (χ4v) is 4.04. The third-order valence-electron chi connectivity index (χ3n) is 3.69. The van der Waals surface area contributed by atoms with Crippen molar-refractivity contribution in [1.82, 2.24) is 15.1 Å². The van der Waals surface area contributed by atoms with Gasteiger partial charge in [-0.15, -0.1) is 11.3 Å². The Morgan fingerprint density at radius 3 is 3.00 bits per heavy atom. The first kappa shape index (κ1) is 12.9. The van der Waals surface area contributed by atoms with Crippen LogP contribution >= 0.6 is 11.3 Å². The van der Waals surface area contributed by atoms with E-state index in [9.17, 15) is 0 Å². The third kappa shape index (κ3) is 2.74. The van der Waals surface area contributed by atoms with E-state index in [1.807, 2.05) is 11.3 Å². The molecule has 1 aliphatic carbocycles. The van der Waals surface area contributed by atoms with Crippen LogP contribution in [0.4, 0.5) is 0 Å². The molecule has 0 spiro atoms. The Hall–Kier alpha value is -1.13. The second-order valence-electron chi connectivity index (χ2n) is 5.21. The van der Waals surface area contributed by atoms with Crippen LogP contribution in [0.15, 0.2) is 12.1 Å². The van der Waals surface area contributed by atoms with E-state index in [1.54, 1.807) is 10.4 Å². The minimum atomic E-state index is 0.900. The average molecular weight is 275 g/mol. The van der Waals surface area contributed by atoms with Crippen molar-refractivity contribution in [2.75, 3.05) is 0 Å². The zero-order valence-electron chi connectivity index (χ0n) is 11.7. The van der Waals surface area contributed by atoms with Crippen molar-refractivity contribution < 1.29 is 0 Å². The molecule has 1 N–H and O–H groups in total. The Labute approximate surface area is 118 Å². The lowest BCUT2D eigenvalue weighted by atomic mass is 10.2. The number of hydrogen-bond donors (Lipinski definition) is 1. The van der Waals surface area contributed by atoms with Crippen LogP contribution in [-0.4, -0.2) is 9.78 Å². The lowest BCUT2D eigenvalue weighted by Crippen LogP contribution is -2.15. The SMILES string of the molecule is CCn1nc(C)cc1CNCc1cc2c(s1)CCC2. The Balaban J connectivity index is 1.57. The summed E-state index contributed by atoms with van der Waals surface area (Å²) in [6.07, 6.45) is 3.93. The molecule has 0 aliphatic heterocycles. The average Bonchev–Trinajstić information content (AvgIpc) is 3.03. The molecule has 0 aromatic carbocycles. The molecule has 19 heavy (non-hydrogen) atoms. The van der Waals surface area contributed by atoms with Crippen molar-refractivity contribution in [2.24, 2.45) is 0 Å². The molecule has 0 saturated heterocycles. The van der Waals surface area contributed by atoms with Gasteiger partial charge in [0.15, 0.2) is 0 Å². The molecule has 2 aromatic heterocycles. The van der Waals surface area contributed by atoms with E-state index in [0.717, 1.165) is 25.3 Å². The van der Waals surface area contributed by atoms with Crippen molar-refractivity contribution in [3.8, 4) is 0 Å². The van der Waals surface area contributed by atoms with Crippen LogP contribution in [0.2, 0.25) is 0 Å². The first-order valence-corrected chi connectivity index (χ1v) is 7.92. The Bertz CT molecular complexity index is 546. The van der Waals surface area contributed by atoms with Crippen molar-refractivity contribution in [2.45, 2.75) is 52.7 Å². The summed E-state index contributed by atoms with van der Waals surface area (Å²) in [7, 11) is 0. The van der Waals surface area contributed by atoms with Gasteiger partial charge in [0.05, 0.1) is 11.4 Å². The van der Waals surface area contributed by atoms with Crippen LogP contribution in [0.1, 0.15) is 40.1 Å². The maximum absolute atomic E-state index is 4.47. The second-order valence-corrected chi connectivity index (χ2v) is 6.43. The number of nitrogens with one attached hydrogen (secondary N) is 1. The highest BCUT2D eigenvalue weighted by atomic mass is 32.1. The number of aryl methyl sites for hydroxylation is 4. The van der Waals surface area contributed by atoms with Gasteiger partial charge in [0.2, 0.25) is 0 Å². The van der Waals surface area contributed by atoms with E-state index in [0.29, 0.717) is 0 Å². The van der Waals surface area contributed by atoms with E-state index < -0.39 is 0 Å². The molecule has 0 fully saturated rings. The lowest BCUT2D eigenvalue weighted by Gasteiger charge is -2.05. The standard InChI is InChI=1S/C15H21N3S/c1-3-18-13(7-11(2)17-18)9-16-10-14-8-12-5-4-6-15(12)19-14/h7-8,16H,3-6,9-10H2,1-2H3. The van der Waals surface area contributed by atoms with Gasteiger partial charge < -0.3 is 5.32 Å². The lowest BCUT2D eigenvalue weighted by molar-refractivity contribution is 0.580. The normalized spacial score (nSPS) is 14.0. The van der Waals surface area contributed by atoms with Gasteiger partial charge >= 0.3 is 0 Å². The zero-order valence-corrected chi connectivity index (χ0v) is 12.5. The summed E-state index contributed by atoms with van der Waals surface area (Å²) in [4.78, 5) is 3.09. The van der Waals surface area contributed by atoms with Gasteiger partial charge in [0, 0.05) is 29.4 Å². The molecular formula is C15H21N3S. The molecule has 2 aromatic rings. The number of nitrogens with zero attached hydrogens (tertiary/aromatic N) is 2. The molecule has 102 valence electrons. The molecule has 0 atom stereocenters. The molecule has 0 bridgehead atoms. The van der Waals surface area contributed by atoms with Crippen LogP contribution in [0.3, 0.4) is 0 Å². The summed E-state index contributed by atoms with van der Waals surface area (Å²) in [5.41, 5.74) is 3.98. The number of fused-ring (bicyclic) bond motifs is 1. The fraction of sp³-hybridized carbons (Fsp3) is 0.533. The highest BCUT2D eigenvalue weighted by Gasteiger charge is 2.14. The number of rotatable bonds is 5. The summed E-state index contributed by atoms with van der Waals surface area (Å²) in [6, 6.07) is 4.56. The molecule has 2 heterocycles. The first-order chi connectivity index (χ1) is 9.26. The Morgan fingerprint density at radius 2 is 2.21 bits per heavy atom. The largest absolute Gasteiger partial charge is 0.306 e. The highest BCUT2D eigenvalue weighted by molar-refractivity contribution is 7.12. The van der Waals surface area contributed by atoms with Gasteiger partial charge in [0.25, 0.3) is 0 Å². The van der Waals surface area contributed by atoms with Crippen molar-refractivity contribution in [1.29, 1.82) is 0 Å². The fourth-order valence-electron chi connectivity index (χ4n) is 2.81. The quantitative estimate of drug-likeness (QED) is 0.909. The molecule has 3 nitrogen and oxygen atoms in total. The molecule has 0 radical (unpaired) electrons. The van der Waals surface area contributed by atoms with E-state index in [4.69, 9.17) is 0 Å². The molecular weight excluding hydrogens is 254 g/mol. The minimum absolute atomic E-state index is 0.900. The monoisotopic (exact) mass is 275 g/mol. The van der Waals surface area contributed by atoms with Crippen molar-refractivity contribution in [3.05, 3.63) is 38.8 Å². The maximum atomic E-state index is 4.47. The molecule has 0 unspecified atom stereocenters. The number of aromatic nitrogens is 2. The number of hydrogen-bond acceptors (Lipinski definition) is 3. The van der Waals surface area contributed by atoms with Crippen molar-refractivity contribution in [3.63, 3.8) is 0 Å². The third-order valence-corrected chi connectivity index (χ3v) is 4.93. The first-order valence-electron chi connectivity index (χ1n) is 7.10. The summed E-state index contributed by atoms with van der Waals surface area (Å²) < 4.78 is 2.08. The minimum Gasteiger partial charge on any atom is -0.306 e. The molecule has 0 amide bonds.